The highest BCUT2D eigenvalue weighted by Gasteiger charge is 2.57. The number of nitriles is 1. The molecule has 1 atom stereocenters. The Kier molecular flexibility index (Phi) is 4.85. The van der Waals surface area contributed by atoms with Gasteiger partial charge in [-0.2, -0.15) is 5.26 Å². The van der Waals surface area contributed by atoms with E-state index >= 15 is 0 Å². The second-order valence-electron chi connectivity index (χ2n) is 8.67. The number of carbonyl (C=O) groups excluding carboxylic acids is 2. The third-order valence-corrected chi connectivity index (χ3v) is 6.74. The summed E-state index contributed by atoms with van der Waals surface area (Å²) in [4.78, 5) is 28.2. The molecule has 0 radical (unpaired) electrons. The van der Waals surface area contributed by atoms with Crippen LogP contribution in [0.4, 0.5) is 5.69 Å². The van der Waals surface area contributed by atoms with Crippen LogP contribution in [-0.4, -0.2) is 38.3 Å². The molecular formula is C27H21N3O5. The number of rotatable bonds is 5. The summed E-state index contributed by atoms with van der Waals surface area (Å²) < 4.78 is 17.0. The molecule has 0 bridgehead atoms. The summed E-state index contributed by atoms with van der Waals surface area (Å²) in [6, 6.07) is 20.0. The normalized spacial score (nSPS) is 18.7. The van der Waals surface area contributed by atoms with Gasteiger partial charge < -0.3 is 24.4 Å². The minimum atomic E-state index is -0.937. The van der Waals surface area contributed by atoms with Crippen molar-refractivity contribution < 1.29 is 23.8 Å². The van der Waals surface area contributed by atoms with Crippen molar-refractivity contribution in [2.24, 2.45) is 0 Å². The van der Waals surface area contributed by atoms with Crippen LogP contribution >= 0.6 is 0 Å². The molecule has 1 N–H and O–H groups in total. The Morgan fingerprint density at radius 3 is 2.69 bits per heavy atom. The summed E-state index contributed by atoms with van der Waals surface area (Å²) >= 11 is 0. The Balaban J connectivity index is 1.21. The Morgan fingerprint density at radius 1 is 1.00 bits per heavy atom. The number of ether oxygens (including phenoxy) is 3. The number of nitrogens with zero attached hydrogens (tertiary/aromatic N) is 2. The lowest BCUT2D eigenvalue weighted by atomic mass is 9.77. The zero-order valence-electron chi connectivity index (χ0n) is 18.7. The Morgan fingerprint density at radius 2 is 1.83 bits per heavy atom. The van der Waals surface area contributed by atoms with Crippen molar-refractivity contribution in [3.8, 4) is 23.3 Å². The minimum Gasteiger partial charge on any atom is -0.491 e. The summed E-state index contributed by atoms with van der Waals surface area (Å²) in [6.07, 6.45) is 0.564. The standard InChI is InChI=1S/C27H21N3O5/c28-14-17-5-3-6-18(11-17)25(31)29-9-4-10-30-21-8-2-1-7-19(21)27(26(30)32)15-33-22-13-24-23(12-20(22)27)34-16-35-24/h1-3,5-8,11-13H,4,9-10,15-16H2,(H,29,31). The molecule has 1 unspecified atom stereocenters. The van der Waals surface area contributed by atoms with Crippen molar-refractivity contribution in [1.82, 2.24) is 5.32 Å². The largest absolute Gasteiger partial charge is 0.491 e. The van der Waals surface area contributed by atoms with Gasteiger partial charge in [0, 0.05) is 36.0 Å². The Hall–Kier alpha value is -4.51. The van der Waals surface area contributed by atoms with Gasteiger partial charge in [-0.25, -0.2) is 0 Å². The van der Waals surface area contributed by atoms with E-state index in [-0.39, 0.29) is 25.2 Å². The molecule has 0 aromatic heterocycles. The maximum Gasteiger partial charge on any atom is 0.251 e. The molecule has 35 heavy (non-hydrogen) atoms. The zero-order valence-corrected chi connectivity index (χ0v) is 18.7. The number of fused-ring (bicyclic) bond motifs is 5. The zero-order chi connectivity index (χ0) is 24.0. The fraction of sp³-hybridized carbons (Fsp3) is 0.222. The molecule has 3 heterocycles. The lowest BCUT2D eigenvalue weighted by Crippen LogP contribution is -2.43. The Labute approximate surface area is 201 Å². The van der Waals surface area contributed by atoms with E-state index in [2.05, 4.69) is 5.32 Å². The molecule has 8 nitrogen and oxygen atoms in total. The van der Waals surface area contributed by atoms with Gasteiger partial charge in [0.25, 0.3) is 5.91 Å². The molecular weight excluding hydrogens is 446 g/mol. The lowest BCUT2D eigenvalue weighted by Gasteiger charge is -2.23. The third-order valence-electron chi connectivity index (χ3n) is 6.74. The second kappa shape index (κ2) is 8.06. The maximum atomic E-state index is 13.9. The van der Waals surface area contributed by atoms with Gasteiger partial charge in [0.2, 0.25) is 12.7 Å². The van der Waals surface area contributed by atoms with Crippen LogP contribution in [0.5, 0.6) is 17.2 Å². The average molecular weight is 467 g/mol. The predicted octanol–water partition coefficient (Wildman–Crippen LogP) is 3.13. The first-order chi connectivity index (χ1) is 17.1. The average Bonchev–Trinajstić information content (AvgIpc) is 3.57. The number of hydrogen-bond acceptors (Lipinski definition) is 6. The fourth-order valence-electron chi connectivity index (χ4n) is 5.06. The van der Waals surface area contributed by atoms with Gasteiger partial charge in [-0.15, -0.1) is 0 Å². The molecule has 8 heteroatoms. The van der Waals surface area contributed by atoms with Crippen LogP contribution in [0.25, 0.3) is 0 Å². The fourth-order valence-corrected chi connectivity index (χ4v) is 5.06. The van der Waals surface area contributed by atoms with Gasteiger partial charge in [0.05, 0.1) is 11.6 Å². The summed E-state index contributed by atoms with van der Waals surface area (Å²) in [6.45, 7) is 1.19. The van der Waals surface area contributed by atoms with E-state index in [0.29, 0.717) is 47.9 Å². The monoisotopic (exact) mass is 467 g/mol. The lowest BCUT2D eigenvalue weighted by molar-refractivity contribution is -0.122. The minimum absolute atomic E-state index is 0.0515. The summed E-state index contributed by atoms with van der Waals surface area (Å²) in [7, 11) is 0. The van der Waals surface area contributed by atoms with Crippen molar-refractivity contribution in [2.45, 2.75) is 11.8 Å². The van der Waals surface area contributed by atoms with E-state index in [9.17, 15) is 9.59 Å². The van der Waals surface area contributed by atoms with Crippen LogP contribution in [0.3, 0.4) is 0 Å². The highest BCUT2D eigenvalue weighted by atomic mass is 16.7. The molecule has 2 amide bonds. The quantitative estimate of drug-likeness (QED) is 0.579. The van der Waals surface area contributed by atoms with Crippen molar-refractivity contribution in [2.75, 3.05) is 31.4 Å². The van der Waals surface area contributed by atoms with Crippen LogP contribution in [0.15, 0.2) is 60.7 Å². The predicted molar refractivity (Wildman–Crippen MR) is 126 cm³/mol. The molecule has 3 aliphatic heterocycles. The van der Waals surface area contributed by atoms with Crippen molar-refractivity contribution in [1.29, 1.82) is 5.26 Å². The molecule has 0 aliphatic carbocycles. The number of benzene rings is 3. The third kappa shape index (κ3) is 3.20. The molecule has 6 rings (SSSR count). The molecule has 174 valence electrons. The van der Waals surface area contributed by atoms with Crippen molar-refractivity contribution in [3.05, 3.63) is 82.9 Å². The number of carbonyl (C=O) groups is 2. The smallest absolute Gasteiger partial charge is 0.251 e. The number of para-hydroxylation sites is 1. The van der Waals surface area contributed by atoms with Gasteiger partial charge in [-0.1, -0.05) is 24.3 Å². The number of anilines is 1. The number of hydrogen-bond donors (Lipinski definition) is 1. The highest BCUT2D eigenvalue weighted by Crippen LogP contribution is 2.54. The molecule has 3 aliphatic rings. The van der Waals surface area contributed by atoms with Crippen molar-refractivity contribution in [3.63, 3.8) is 0 Å². The summed E-state index contributed by atoms with van der Waals surface area (Å²) in [5.41, 5.74) is 2.47. The van der Waals surface area contributed by atoms with Gasteiger partial charge >= 0.3 is 0 Å². The van der Waals surface area contributed by atoms with E-state index in [1.807, 2.05) is 36.4 Å². The first-order valence-corrected chi connectivity index (χ1v) is 11.4. The molecule has 0 saturated heterocycles. The van der Waals surface area contributed by atoms with Gasteiger partial charge in [0.1, 0.15) is 17.8 Å². The van der Waals surface area contributed by atoms with E-state index in [1.165, 1.54) is 0 Å². The highest BCUT2D eigenvalue weighted by molar-refractivity contribution is 6.11. The van der Waals surface area contributed by atoms with Crippen molar-refractivity contribution >= 4 is 17.5 Å². The number of nitrogens with one attached hydrogen (secondary N) is 1. The summed E-state index contributed by atoms with van der Waals surface area (Å²) in [5, 5.41) is 11.9. The van der Waals surface area contributed by atoms with Crippen LogP contribution in [-0.2, 0) is 10.2 Å². The van der Waals surface area contributed by atoms with Gasteiger partial charge in [0.15, 0.2) is 11.5 Å². The summed E-state index contributed by atoms with van der Waals surface area (Å²) in [5.74, 6) is 1.56. The second-order valence-corrected chi connectivity index (χ2v) is 8.67. The Bertz CT molecular complexity index is 1410. The SMILES string of the molecule is N#Cc1cccc(C(=O)NCCCN2C(=O)C3(COc4cc5c(cc43)OCO5)c3ccccc32)c1. The number of amides is 2. The van der Waals surface area contributed by atoms with E-state index in [4.69, 9.17) is 19.5 Å². The van der Waals surface area contributed by atoms with Crippen LogP contribution in [0, 0.1) is 11.3 Å². The topological polar surface area (TPSA) is 101 Å². The maximum absolute atomic E-state index is 13.9. The van der Waals surface area contributed by atoms with Crippen LogP contribution in [0.1, 0.15) is 33.5 Å². The molecule has 0 saturated carbocycles. The molecule has 1 spiro atoms. The molecule has 0 fully saturated rings. The van der Waals surface area contributed by atoms with Crippen LogP contribution < -0.4 is 24.4 Å². The molecule has 3 aromatic rings. The van der Waals surface area contributed by atoms with Gasteiger partial charge in [-0.3, -0.25) is 9.59 Å². The first kappa shape index (κ1) is 21.1. The first-order valence-electron chi connectivity index (χ1n) is 11.4. The van der Waals surface area contributed by atoms with Gasteiger partial charge in [-0.05, 0) is 42.3 Å². The molecule has 3 aromatic carbocycles. The van der Waals surface area contributed by atoms with Crippen LogP contribution in [0.2, 0.25) is 0 Å². The van der Waals surface area contributed by atoms with E-state index in [0.717, 1.165) is 16.8 Å². The van der Waals surface area contributed by atoms with E-state index in [1.54, 1.807) is 35.2 Å². The van der Waals surface area contributed by atoms with E-state index < -0.39 is 5.41 Å².